The molecule has 1 fully saturated rings. The molecule has 9 heteroatoms. The first-order valence-electron chi connectivity index (χ1n) is 12.3. The van der Waals surface area contributed by atoms with Gasteiger partial charge in [0.1, 0.15) is 6.10 Å². The first-order chi connectivity index (χ1) is 17.4. The van der Waals surface area contributed by atoms with Crippen molar-refractivity contribution in [3.8, 4) is 21.6 Å². The van der Waals surface area contributed by atoms with Crippen molar-refractivity contribution in [2.24, 2.45) is 0 Å². The first-order valence-corrected chi connectivity index (χ1v) is 13.5. The maximum atomic E-state index is 12.7. The number of carbonyl (C=O) groups excluding carboxylic acids is 2. The molecule has 2 N–H and O–H groups in total. The number of benzene rings is 2. The number of ether oxygens (including phenoxy) is 1. The Morgan fingerprint density at radius 3 is 2.21 bits per heavy atom. The second-order valence-electron chi connectivity index (χ2n) is 9.62. The number of carbonyl (C=O) groups is 1. The van der Waals surface area contributed by atoms with Crippen LogP contribution in [0.4, 0.5) is 10.5 Å². The van der Waals surface area contributed by atoms with Crippen molar-refractivity contribution < 1.29 is 49.4 Å². The summed E-state index contributed by atoms with van der Waals surface area (Å²) in [7, 11) is 0. The van der Waals surface area contributed by atoms with Crippen LogP contribution in [0.25, 0.3) is 21.6 Å². The summed E-state index contributed by atoms with van der Waals surface area (Å²) in [5, 5.41) is 3.73. The molecular weight excluding hydrogens is 531 g/mol. The van der Waals surface area contributed by atoms with Crippen molar-refractivity contribution in [1.29, 1.82) is 0 Å². The van der Waals surface area contributed by atoms with E-state index in [1.54, 1.807) is 0 Å². The Balaban J connectivity index is 0.00000200. The SMILES string of the molecule is Cc1nsc(-c2ccc(-c3ccc(C4([C-]=O)CC4)cc3)cc2)c1NC(=O)OC(C)C1=C(Cl)CCCC1.[Na+].[OH-]. The summed E-state index contributed by atoms with van der Waals surface area (Å²) >= 11 is 7.72. The number of nitrogens with zero attached hydrogens (tertiary/aromatic N) is 1. The van der Waals surface area contributed by atoms with E-state index in [9.17, 15) is 9.59 Å². The zero-order valence-corrected chi connectivity index (χ0v) is 25.4. The number of amides is 1. The van der Waals surface area contributed by atoms with Crippen LogP contribution in [-0.4, -0.2) is 28.3 Å². The molecular formula is C29H29ClN2NaO4S-. The Morgan fingerprint density at radius 1 is 1.05 bits per heavy atom. The Bertz CT molecular complexity index is 1320. The van der Waals surface area contributed by atoms with Gasteiger partial charge >= 0.3 is 35.7 Å². The Labute approximate surface area is 254 Å². The number of hydrogen-bond acceptors (Lipinski definition) is 6. The number of anilines is 1. The molecule has 1 amide bonds. The van der Waals surface area contributed by atoms with Gasteiger partial charge in [-0.2, -0.15) is 4.37 Å². The molecule has 2 aliphatic rings. The summed E-state index contributed by atoms with van der Waals surface area (Å²) in [5.74, 6) is 0. The summed E-state index contributed by atoms with van der Waals surface area (Å²) < 4.78 is 10.1. The van der Waals surface area contributed by atoms with Crippen molar-refractivity contribution in [3.05, 3.63) is 70.4 Å². The summed E-state index contributed by atoms with van der Waals surface area (Å²) in [5.41, 5.74) is 6.21. The van der Waals surface area contributed by atoms with Gasteiger partial charge in [0, 0.05) is 5.03 Å². The van der Waals surface area contributed by atoms with Gasteiger partial charge in [-0.05, 0) is 73.3 Å². The molecule has 6 nitrogen and oxygen atoms in total. The van der Waals surface area contributed by atoms with Crippen LogP contribution in [0.15, 0.2) is 59.1 Å². The van der Waals surface area contributed by atoms with E-state index in [-0.39, 0.29) is 46.6 Å². The molecule has 1 aromatic heterocycles. The minimum Gasteiger partial charge on any atom is -0.870 e. The predicted octanol–water partition coefficient (Wildman–Crippen LogP) is 4.76. The molecule has 0 saturated heterocycles. The number of halogens is 1. The topological polar surface area (TPSA) is 98.3 Å². The average Bonchev–Trinajstić information content (AvgIpc) is 3.62. The fourth-order valence-corrected chi connectivity index (χ4v) is 6.00. The zero-order chi connectivity index (χ0) is 25.3. The van der Waals surface area contributed by atoms with Crippen molar-refractivity contribution in [2.75, 3.05) is 5.32 Å². The third-order valence-corrected chi connectivity index (χ3v) is 8.59. The van der Waals surface area contributed by atoms with Gasteiger partial charge in [0.15, 0.2) is 0 Å². The van der Waals surface area contributed by atoms with E-state index in [1.165, 1.54) is 11.5 Å². The Hall–Kier alpha value is -2.00. The van der Waals surface area contributed by atoms with Crippen molar-refractivity contribution in [1.82, 2.24) is 4.37 Å². The van der Waals surface area contributed by atoms with E-state index in [4.69, 9.17) is 16.3 Å². The van der Waals surface area contributed by atoms with Crippen LogP contribution in [0.2, 0.25) is 0 Å². The van der Waals surface area contributed by atoms with Crippen LogP contribution < -0.4 is 34.9 Å². The van der Waals surface area contributed by atoms with Crippen LogP contribution in [0.1, 0.15) is 56.7 Å². The van der Waals surface area contributed by atoms with Crippen molar-refractivity contribution in [3.63, 3.8) is 0 Å². The van der Waals surface area contributed by atoms with Gasteiger partial charge in [0.05, 0.1) is 16.3 Å². The third kappa shape index (κ3) is 6.41. The molecule has 0 spiro atoms. The second kappa shape index (κ2) is 12.9. The summed E-state index contributed by atoms with van der Waals surface area (Å²) in [6.45, 7) is 3.74. The molecule has 2 aromatic carbocycles. The van der Waals surface area contributed by atoms with E-state index in [1.807, 2.05) is 38.1 Å². The van der Waals surface area contributed by atoms with Gasteiger partial charge in [-0.15, -0.1) is 5.41 Å². The van der Waals surface area contributed by atoms with Gasteiger partial charge in [0.2, 0.25) is 0 Å². The second-order valence-corrected chi connectivity index (χ2v) is 10.9. The molecule has 0 bridgehead atoms. The third-order valence-electron chi connectivity index (χ3n) is 7.17. The molecule has 0 radical (unpaired) electrons. The van der Waals surface area contributed by atoms with Gasteiger partial charge in [-0.3, -0.25) is 11.6 Å². The summed E-state index contributed by atoms with van der Waals surface area (Å²) in [6, 6.07) is 16.3. The summed E-state index contributed by atoms with van der Waals surface area (Å²) in [6.07, 6.45) is 6.95. The Kier molecular flexibility index (Phi) is 10.4. The minimum atomic E-state index is -0.507. The maximum Gasteiger partial charge on any atom is 1.00 e. The molecule has 0 aliphatic heterocycles. The fourth-order valence-electron chi connectivity index (χ4n) is 4.76. The number of aryl methyl sites for hydroxylation is 1. The fraction of sp³-hybridized carbons (Fsp3) is 0.345. The van der Waals surface area contributed by atoms with Crippen molar-refractivity contribution in [2.45, 2.75) is 63.9 Å². The van der Waals surface area contributed by atoms with E-state index in [2.05, 4.69) is 40.2 Å². The predicted molar refractivity (Wildman–Crippen MR) is 147 cm³/mol. The number of hydrogen-bond donors (Lipinski definition) is 1. The first kappa shape index (κ1) is 30.5. The molecule has 1 unspecified atom stereocenters. The van der Waals surface area contributed by atoms with Crippen molar-refractivity contribution >= 4 is 41.2 Å². The molecule has 5 rings (SSSR count). The van der Waals surface area contributed by atoms with Crippen LogP contribution in [0.3, 0.4) is 0 Å². The van der Waals surface area contributed by atoms with Crippen LogP contribution in [0, 0.1) is 6.92 Å². The van der Waals surface area contributed by atoms with E-state index in [0.717, 1.165) is 82.0 Å². The van der Waals surface area contributed by atoms with Crippen LogP contribution in [-0.2, 0) is 14.9 Å². The number of nitrogens with one attached hydrogen (secondary N) is 1. The minimum absolute atomic E-state index is 0. The number of allylic oxidation sites excluding steroid dienone is 1. The van der Waals surface area contributed by atoms with Gasteiger partial charge < -0.3 is 15.0 Å². The quantitative estimate of drug-likeness (QED) is 0.332. The molecule has 1 saturated carbocycles. The molecule has 1 heterocycles. The zero-order valence-electron chi connectivity index (χ0n) is 21.8. The molecule has 1 atom stereocenters. The number of aromatic nitrogens is 1. The smallest absolute Gasteiger partial charge is 0.870 e. The van der Waals surface area contributed by atoms with E-state index < -0.39 is 6.09 Å². The van der Waals surface area contributed by atoms with Gasteiger partial charge in [-0.25, -0.2) is 4.79 Å². The standard InChI is InChI=1S/C29H28ClN2O3S.Na.H2O/c1-18-26(31-28(34)35-19(2)24-5-3-4-6-25(24)30)27(36-32-18)22-9-7-20(8-10-22)21-11-13-23(14-12-21)29(17-33)15-16-29;;/h7-14,19H,3-6,15-16H2,1-2H3,(H,31,34);;1H2/q-1;+1;/p-1. The number of rotatable bonds is 7. The van der Waals surface area contributed by atoms with Crippen LogP contribution >= 0.6 is 23.1 Å². The van der Waals surface area contributed by atoms with Gasteiger partial charge in [-0.1, -0.05) is 78.5 Å². The largest absolute Gasteiger partial charge is 1.00 e. The van der Waals surface area contributed by atoms with Gasteiger partial charge in [0.25, 0.3) is 0 Å². The van der Waals surface area contributed by atoms with Crippen LogP contribution in [0.5, 0.6) is 0 Å². The normalized spacial score (nSPS) is 16.5. The average molecular weight is 560 g/mol. The van der Waals surface area contributed by atoms with E-state index in [0.29, 0.717) is 5.69 Å². The monoisotopic (exact) mass is 559 g/mol. The molecule has 3 aromatic rings. The molecule has 194 valence electrons. The maximum absolute atomic E-state index is 12.7. The molecule has 2 aliphatic carbocycles. The summed E-state index contributed by atoms with van der Waals surface area (Å²) in [4.78, 5) is 24.9. The van der Waals surface area contributed by atoms with E-state index >= 15 is 0 Å². The Morgan fingerprint density at radius 2 is 1.63 bits per heavy atom. The molecule has 38 heavy (non-hydrogen) atoms.